The van der Waals surface area contributed by atoms with Gasteiger partial charge in [-0.3, -0.25) is 9.59 Å². The second kappa shape index (κ2) is 8.31. The summed E-state index contributed by atoms with van der Waals surface area (Å²) in [5.74, 6) is -1.24. The van der Waals surface area contributed by atoms with Crippen LogP contribution in [0.5, 0.6) is 0 Å². The summed E-state index contributed by atoms with van der Waals surface area (Å²) in [6.45, 7) is 3.03. The van der Waals surface area contributed by atoms with Crippen LogP contribution in [-0.4, -0.2) is 24.4 Å². The van der Waals surface area contributed by atoms with Gasteiger partial charge in [0.2, 0.25) is 5.78 Å². The Morgan fingerprint density at radius 2 is 2.07 bits per heavy atom. The van der Waals surface area contributed by atoms with Gasteiger partial charge in [0.05, 0.1) is 0 Å². The van der Waals surface area contributed by atoms with Gasteiger partial charge in [0.25, 0.3) is 0 Å². The van der Waals surface area contributed by atoms with Gasteiger partial charge in [-0.05, 0) is 25.1 Å². The smallest absolute Gasteiger partial charge is 0.317 e. The second-order valence-electron chi connectivity index (χ2n) is 2.80. The normalized spacial score (nSPS) is 13.9. The molecule has 0 fully saturated rings. The molecule has 4 nitrogen and oxygen atoms in total. The summed E-state index contributed by atoms with van der Waals surface area (Å²) in [6.07, 6.45) is 7.67. The van der Waals surface area contributed by atoms with Gasteiger partial charge in [0, 0.05) is 6.21 Å². The monoisotopic (exact) mass is 196 g/mol. The fourth-order valence-electron chi connectivity index (χ4n) is 0.770. The molecule has 0 radical (unpaired) electrons. The number of hydrogen-bond donors (Lipinski definition) is 1. The van der Waals surface area contributed by atoms with E-state index in [1.807, 2.05) is 0 Å². The van der Waals surface area contributed by atoms with Gasteiger partial charge in [-0.15, -0.1) is 0 Å². The maximum atomic E-state index is 10.2. The first kappa shape index (κ1) is 12.7. The predicted octanol–water partition coefficient (Wildman–Crippen LogP) is 0.858. The quantitative estimate of drug-likeness (QED) is 0.537. The third-order valence-corrected chi connectivity index (χ3v) is 1.54. The van der Waals surface area contributed by atoms with E-state index in [2.05, 4.69) is 11.9 Å². The maximum absolute atomic E-state index is 10.2. The van der Waals surface area contributed by atoms with Crippen molar-refractivity contribution in [1.29, 1.82) is 0 Å². The molecule has 0 unspecified atom stereocenters. The minimum Gasteiger partial charge on any atom is -0.330 e. The Labute approximate surface area is 83.9 Å². The van der Waals surface area contributed by atoms with Gasteiger partial charge in [-0.1, -0.05) is 19.8 Å². The molecule has 0 aromatic carbocycles. The summed E-state index contributed by atoms with van der Waals surface area (Å²) >= 11 is 0. The number of nitrogens with zero attached hydrogens (tertiary/aromatic N) is 1. The minimum absolute atomic E-state index is 0.549. The number of unbranched alkanes of at least 4 members (excludes halogenated alkanes) is 2. The fraction of sp³-hybridized carbons (Fsp3) is 0.500. The van der Waals surface area contributed by atoms with E-state index in [0.29, 0.717) is 0 Å². The van der Waals surface area contributed by atoms with Crippen LogP contribution in [0.2, 0.25) is 0 Å². The molecule has 1 heterocycles. The highest BCUT2D eigenvalue weighted by Crippen LogP contribution is 1.88. The summed E-state index contributed by atoms with van der Waals surface area (Å²) in [6, 6.07) is 0. The number of rotatable bonds is 3. The zero-order valence-corrected chi connectivity index (χ0v) is 8.40. The molecule has 0 aliphatic carbocycles. The number of hydrogen-bond acceptors (Lipinski definition) is 3. The summed E-state index contributed by atoms with van der Waals surface area (Å²) in [7, 11) is 0. The highest BCUT2D eigenvalue weighted by molar-refractivity contribution is 6.43. The lowest BCUT2D eigenvalue weighted by molar-refractivity contribution is -0.133. The van der Waals surface area contributed by atoms with Crippen LogP contribution in [0, 0.1) is 0 Å². The lowest BCUT2D eigenvalue weighted by Gasteiger charge is -1.87. The summed E-state index contributed by atoms with van der Waals surface area (Å²) in [5, 5.41) is 0. The van der Waals surface area contributed by atoms with Gasteiger partial charge < -0.3 is 5.73 Å². The molecule has 1 aliphatic rings. The summed E-state index contributed by atoms with van der Waals surface area (Å²) in [5.41, 5.74) is 5.21. The van der Waals surface area contributed by atoms with Gasteiger partial charge in [-0.2, -0.15) is 0 Å². The van der Waals surface area contributed by atoms with Gasteiger partial charge in [0.15, 0.2) is 0 Å². The Hall–Kier alpha value is -1.29. The Morgan fingerprint density at radius 1 is 1.36 bits per heavy atom. The van der Waals surface area contributed by atoms with E-state index in [-0.39, 0.29) is 0 Å². The van der Waals surface area contributed by atoms with Crippen LogP contribution in [-0.2, 0) is 9.59 Å². The molecule has 0 aromatic rings. The molecule has 0 spiro atoms. The third-order valence-electron chi connectivity index (χ3n) is 1.54. The minimum atomic E-state index is -0.687. The van der Waals surface area contributed by atoms with Crippen molar-refractivity contribution in [2.75, 3.05) is 6.54 Å². The molecular formula is C10H16N2O2. The van der Waals surface area contributed by atoms with Crippen molar-refractivity contribution < 1.29 is 9.59 Å². The van der Waals surface area contributed by atoms with Crippen molar-refractivity contribution in [1.82, 2.24) is 0 Å². The number of aliphatic imine (C=N–C) groups is 1. The molecule has 0 saturated carbocycles. The lowest BCUT2D eigenvalue weighted by Crippen LogP contribution is -2.10. The molecule has 0 atom stereocenters. The second-order valence-corrected chi connectivity index (χ2v) is 2.80. The van der Waals surface area contributed by atoms with E-state index in [4.69, 9.17) is 5.73 Å². The van der Waals surface area contributed by atoms with E-state index in [0.717, 1.165) is 6.54 Å². The zero-order chi connectivity index (χ0) is 10.8. The first-order chi connectivity index (χ1) is 6.72. The molecule has 1 aliphatic heterocycles. The molecule has 2 N–H and O–H groups in total. The van der Waals surface area contributed by atoms with E-state index >= 15 is 0 Å². The highest BCUT2D eigenvalue weighted by atomic mass is 16.2. The molecule has 0 aromatic heterocycles. The molecule has 4 heteroatoms. The molecule has 0 saturated heterocycles. The van der Waals surface area contributed by atoms with E-state index in [9.17, 15) is 9.59 Å². The van der Waals surface area contributed by atoms with Gasteiger partial charge in [0.1, 0.15) is 0 Å². The highest BCUT2D eigenvalue weighted by Gasteiger charge is 2.08. The largest absolute Gasteiger partial charge is 0.330 e. The van der Waals surface area contributed by atoms with Crippen LogP contribution >= 0.6 is 0 Å². The number of allylic oxidation sites excluding steroid dienone is 1. The Morgan fingerprint density at radius 3 is 2.36 bits per heavy atom. The Bertz CT molecular complexity index is 219. The Balaban J connectivity index is 0.000000255. The summed E-state index contributed by atoms with van der Waals surface area (Å²) < 4.78 is 0. The third kappa shape index (κ3) is 6.25. The van der Waals surface area contributed by atoms with Crippen LogP contribution in [0.15, 0.2) is 17.1 Å². The van der Waals surface area contributed by atoms with Gasteiger partial charge in [-0.25, -0.2) is 4.99 Å². The van der Waals surface area contributed by atoms with E-state index in [1.54, 1.807) is 0 Å². The van der Waals surface area contributed by atoms with Crippen LogP contribution in [0.1, 0.15) is 26.2 Å². The van der Waals surface area contributed by atoms with Crippen molar-refractivity contribution in [3.8, 4) is 0 Å². The number of dihydropyridines is 1. The Kier molecular flexibility index (Phi) is 7.55. The molecule has 78 valence electrons. The topological polar surface area (TPSA) is 72.5 Å². The fourth-order valence-corrected chi connectivity index (χ4v) is 0.770. The lowest BCUT2D eigenvalue weighted by atomic mass is 10.3. The number of ketones is 1. The van der Waals surface area contributed by atoms with Crippen molar-refractivity contribution in [2.24, 2.45) is 10.7 Å². The molecule has 1 amide bonds. The number of carbonyl (C=O) groups is 2. The van der Waals surface area contributed by atoms with Crippen molar-refractivity contribution in [3.05, 3.63) is 12.2 Å². The number of nitrogens with two attached hydrogens (primary N) is 1. The molecule has 1 rings (SSSR count). The average Bonchev–Trinajstić information content (AvgIpc) is 2.20. The molecule has 0 bridgehead atoms. The van der Waals surface area contributed by atoms with Crippen LogP contribution < -0.4 is 5.73 Å². The van der Waals surface area contributed by atoms with E-state index in [1.165, 1.54) is 37.6 Å². The van der Waals surface area contributed by atoms with Crippen LogP contribution in [0.25, 0.3) is 0 Å². The van der Waals surface area contributed by atoms with Crippen LogP contribution in [0.4, 0.5) is 0 Å². The van der Waals surface area contributed by atoms with Crippen LogP contribution in [0.3, 0.4) is 0 Å². The standard InChI is InChI=1S/C5H3NO2.C5H13N/c7-4-2-1-3-6-5(4)8;1-2-3-4-5-6/h1-3H;2-6H2,1H3. The first-order valence-corrected chi connectivity index (χ1v) is 4.71. The van der Waals surface area contributed by atoms with E-state index < -0.39 is 11.7 Å². The SMILES string of the molecule is CCCCCN.O=C1C=CC=NC1=O. The predicted molar refractivity (Wildman–Crippen MR) is 56.2 cm³/mol. The zero-order valence-electron chi connectivity index (χ0n) is 8.40. The first-order valence-electron chi connectivity index (χ1n) is 4.71. The van der Waals surface area contributed by atoms with Gasteiger partial charge >= 0.3 is 5.91 Å². The molecule has 14 heavy (non-hydrogen) atoms. The van der Waals surface area contributed by atoms with Crippen molar-refractivity contribution >= 4 is 17.9 Å². The number of carbonyl (C=O) groups excluding carboxylic acids is 2. The summed E-state index contributed by atoms with van der Waals surface area (Å²) in [4.78, 5) is 23.6. The average molecular weight is 196 g/mol. The van der Waals surface area contributed by atoms with Crippen molar-refractivity contribution in [2.45, 2.75) is 26.2 Å². The molecular weight excluding hydrogens is 180 g/mol. The maximum Gasteiger partial charge on any atom is 0.317 e. The number of amides is 1. The van der Waals surface area contributed by atoms with Crippen molar-refractivity contribution in [3.63, 3.8) is 0 Å².